The Morgan fingerprint density at radius 1 is 1.58 bits per heavy atom. The van der Waals surface area contributed by atoms with Crippen LogP contribution in [0.4, 0.5) is 0 Å². The van der Waals surface area contributed by atoms with Crippen LogP contribution in [0.1, 0.15) is 44.7 Å². The molecule has 1 fully saturated rings. The van der Waals surface area contributed by atoms with Crippen molar-refractivity contribution in [3.05, 3.63) is 21.3 Å². The molecule has 0 saturated carbocycles. The van der Waals surface area contributed by atoms with Crippen molar-refractivity contribution in [3.8, 4) is 0 Å². The van der Waals surface area contributed by atoms with Crippen LogP contribution in [-0.4, -0.2) is 29.1 Å². The summed E-state index contributed by atoms with van der Waals surface area (Å²) in [5.41, 5.74) is 0.719. The van der Waals surface area contributed by atoms with Gasteiger partial charge in [0.05, 0.1) is 9.75 Å². The van der Waals surface area contributed by atoms with E-state index in [-0.39, 0.29) is 0 Å². The van der Waals surface area contributed by atoms with Gasteiger partial charge in [-0.2, -0.15) is 0 Å². The largest absolute Gasteiger partial charge is 0.481 e. The molecule has 5 heteroatoms. The summed E-state index contributed by atoms with van der Waals surface area (Å²) in [5, 5.41) is 11.5. The lowest BCUT2D eigenvalue weighted by molar-refractivity contribution is -0.152. The van der Waals surface area contributed by atoms with Gasteiger partial charge in [0.2, 0.25) is 0 Å². The number of likely N-dealkylation sites (tertiary alicyclic amines) is 1. The Morgan fingerprint density at radius 3 is 2.63 bits per heavy atom. The highest BCUT2D eigenvalue weighted by Crippen LogP contribution is 2.38. The van der Waals surface area contributed by atoms with Crippen LogP contribution in [0.5, 0.6) is 0 Å². The molecule has 0 aliphatic carbocycles. The molecule has 1 aromatic heterocycles. The summed E-state index contributed by atoms with van der Waals surface area (Å²) in [7, 11) is 0. The quantitative estimate of drug-likeness (QED) is 0.912. The summed E-state index contributed by atoms with van der Waals surface area (Å²) >= 11 is 7.53. The molecule has 2 heterocycles. The lowest BCUT2D eigenvalue weighted by atomic mass is 9.76. The van der Waals surface area contributed by atoms with E-state index in [0.29, 0.717) is 6.04 Å². The number of rotatable bonds is 4. The molecule has 1 N–H and O–H groups in total. The van der Waals surface area contributed by atoms with E-state index in [1.54, 1.807) is 11.3 Å². The van der Waals surface area contributed by atoms with Crippen LogP contribution in [0.15, 0.2) is 11.4 Å². The van der Waals surface area contributed by atoms with Gasteiger partial charge in [-0.15, -0.1) is 11.3 Å². The van der Waals surface area contributed by atoms with Gasteiger partial charge < -0.3 is 5.11 Å². The second-order valence-electron chi connectivity index (χ2n) is 5.34. The third-order valence-electron chi connectivity index (χ3n) is 4.50. The first-order valence-corrected chi connectivity index (χ1v) is 7.95. The predicted octanol–water partition coefficient (Wildman–Crippen LogP) is 4.04. The third-order valence-corrected chi connectivity index (χ3v) is 5.61. The van der Waals surface area contributed by atoms with E-state index in [0.717, 1.165) is 36.7 Å². The van der Waals surface area contributed by atoms with Crippen molar-refractivity contribution in [1.82, 2.24) is 4.90 Å². The zero-order valence-electron chi connectivity index (χ0n) is 11.4. The number of nitrogens with zero attached hydrogens (tertiary/aromatic N) is 1. The van der Waals surface area contributed by atoms with Crippen molar-refractivity contribution < 1.29 is 9.90 Å². The van der Waals surface area contributed by atoms with E-state index in [1.165, 1.54) is 5.56 Å². The Balaban J connectivity index is 2.02. The molecule has 0 spiro atoms. The van der Waals surface area contributed by atoms with Crippen LogP contribution in [0, 0.1) is 5.41 Å². The van der Waals surface area contributed by atoms with Crippen LogP contribution in [-0.2, 0) is 4.79 Å². The van der Waals surface area contributed by atoms with Gasteiger partial charge in [0.1, 0.15) is 0 Å². The molecule has 106 valence electrons. The molecule has 19 heavy (non-hydrogen) atoms. The van der Waals surface area contributed by atoms with Gasteiger partial charge in [-0.25, -0.2) is 0 Å². The highest BCUT2D eigenvalue weighted by Gasteiger charge is 2.40. The molecule has 0 aromatic carbocycles. The molecule has 1 aliphatic rings. The van der Waals surface area contributed by atoms with E-state index in [9.17, 15) is 9.90 Å². The highest BCUT2D eigenvalue weighted by atomic mass is 35.5. The zero-order valence-corrected chi connectivity index (χ0v) is 12.9. The first-order chi connectivity index (χ1) is 8.98. The second-order valence-corrected chi connectivity index (χ2v) is 6.88. The van der Waals surface area contributed by atoms with Crippen molar-refractivity contribution in [3.63, 3.8) is 0 Å². The fraction of sp³-hybridized carbons (Fsp3) is 0.643. The average molecular weight is 302 g/mol. The molecule has 1 aliphatic heterocycles. The average Bonchev–Trinajstić information content (AvgIpc) is 2.84. The standard InChI is InChI=1S/C14H20ClNO2S/c1-3-14(13(17)18)4-6-16(7-5-14)10(2)11-8-12(15)19-9-11/h8-10H,3-7H2,1-2H3,(H,17,18). The Hall–Kier alpha value is -0.580. The van der Waals surface area contributed by atoms with E-state index >= 15 is 0 Å². The van der Waals surface area contributed by atoms with E-state index in [2.05, 4.69) is 17.2 Å². The van der Waals surface area contributed by atoms with Crippen molar-refractivity contribution in [1.29, 1.82) is 0 Å². The number of halogens is 1. The van der Waals surface area contributed by atoms with Crippen LogP contribution < -0.4 is 0 Å². The number of hydrogen-bond donors (Lipinski definition) is 1. The zero-order chi connectivity index (χ0) is 14.0. The minimum atomic E-state index is -0.638. The van der Waals surface area contributed by atoms with Crippen LogP contribution in [0.2, 0.25) is 4.34 Å². The highest BCUT2D eigenvalue weighted by molar-refractivity contribution is 7.14. The first kappa shape index (κ1) is 14.8. The van der Waals surface area contributed by atoms with E-state index in [1.807, 2.05) is 13.0 Å². The number of aliphatic carboxylic acids is 1. The van der Waals surface area contributed by atoms with Gasteiger partial charge in [-0.1, -0.05) is 18.5 Å². The van der Waals surface area contributed by atoms with Gasteiger partial charge in [-0.3, -0.25) is 9.69 Å². The summed E-state index contributed by atoms with van der Waals surface area (Å²) in [5.74, 6) is -0.638. The maximum Gasteiger partial charge on any atom is 0.309 e. The minimum Gasteiger partial charge on any atom is -0.481 e. The summed E-state index contributed by atoms with van der Waals surface area (Å²) in [6.07, 6.45) is 2.19. The van der Waals surface area contributed by atoms with Gasteiger partial charge in [0, 0.05) is 6.04 Å². The smallest absolute Gasteiger partial charge is 0.309 e. The molecule has 3 nitrogen and oxygen atoms in total. The molecule has 1 unspecified atom stereocenters. The molecule has 1 aromatic rings. The molecule has 2 rings (SSSR count). The SMILES string of the molecule is CCC1(C(=O)O)CCN(C(C)c2csc(Cl)c2)CC1. The maximum atomic E-state index is 11.4. The fourth-order valence-corrected chi connectivity index (χ4v) is 3.79. The van der Waals surface area contributed by atoms with Crippen molar-refractivity contribution in [2.45, 2.75) is 39.2 Å². The Morgan fingerprint density at radius 2 is 2.21 bits per heavy atom. The van der Waals surface area contributed by atoms with Gasteiger partial charge in [-0.05, 0) is 56.3 Å². The van der Waals surface area contributed by atoms with Crippen LogP contribution in [0.3, 0.4) is 0 Å². The van der Waals surface area contributed by atoms with Crippen molar-refractivity contribution in [2.24, 2.45) is 5.41 Å². The number of hydrogen-bond acceptors (Lipinski definition) is 3. The number of carboxylic acid groups (broad SMARTS) is 1. The number of piperidine rings is 1. The Labute approximate surface area is 123 Å². The van der Waals surface area contributed by atoms with Gasteiger partial charge >= 0.3 is 5.97 Å². The molecular weight excluding hydrogens is 282 g/mol. The van der Waals surface area contributed by atoms with Gasteiger partial charge in [0.25, 0.3) is 0 Å². The molecule has 1 atom stereocenters. The monoisotopic (exact) mass is 301 g/mol. The summed E-state index contributed by atoms with van der Waals surface area (Å²) in [6.45, 7) is 5.83. The molecular formula is C14H20ClNO2S. The maximum absolute atomic E-state index is 11.4. The second kappa shape index (κ2) is 5.81. The Kier molecular flexibility index (Phi) is 4.54. The summed E-state index contributed by atoms with van der Waals surface area (Å²) in [6, 6.07) is 2.32. The predicted molar refractivity (Wildman–Crippen MR) is 78.9 cm³/mol. The fourth-order valence-electron chi connectivity index (χ4n) is 2.81. The first-order valence-electron chi connectivity index (χ1n) is 6.70. The van der Waals surface area contributed by atoms with E-state index in [4.69, 9.17) is 11.6 Å². The number of carboxylic acids is 1. The van der Waals surface area contributed by atoms with Crippen LogP contribution in [0.25, 0.3) is 0 Å². The summed E-state index contributed by atoms with van der Waals surface area (Å²) in [4.78, 5) is 13.8. The Bertz CT molecular complexity index is 452. The molecule has 1 saturated heterocycles. The number of carbonyl (C=O) groups is 1. The molecule has 0 amide bonds. The molecule has 0 bridgehead atoms. The summed E-state index contributed by atoms with van der Waals surface area (Å²) < 4.78 is 0.812. The lowest BCUT2D eigenvalue weighted by Gasteiger charge is -2.40. The lowest BCUT2D eigenvalue weighted by Crippen LogP contribution is -2.44. The van der Waals surface area contributed by atoms with Gasteiger partial charge in [0.15, 0.2) is 0 Å². The number of thiophene rings is 1. The van der Waals surface area contributed by atoms with Crippen molar-refractivity contribution >= 4 is 28.9 Å². The molecule has 0 radical (unpaired) electrons. The normalized spacial score (nSPS) is 21.2. The minimum absolute atomic E-state index is 0.312. The third kappa shape index (κ3) is 2.96. The van der Waals surface area contributed by atoms with Crippen molar-refractivity contribution in [2.75, 3.05) is 13.1 Å². The topological polar surface area (TPSA) is 40.5 Å². The van der Waals surface area contributed by atoms with Crippen LogP contribution >= 0.6 is 22.9 Å². The van der Waals surface area contributed by atoms with E-state index < -0.39 is 11.4 Å².